The summed E-state index contributed by atoms with van der Waals surface area (Å²) in [6.45, 7) is 3.26. The number of hydrogen-bond acceptors (Lipinski definition) is 4. The fraction of sp³-hybridized carbons (Fsp3) is 0.818. The average molecular weight is 270 g/mol. The lowest BCUT2D eigenvalue weighted by atomic mass is 10.2. The van der Waals surface area contributed by atoms with Crippen LogP contribution in [-0.4, -0.2) is 30.8 Å². The van der Waals surface area contributed by atoms with E-state index in [1.165, 1.54) is 6.92 Å². The van der Waals surface area contributed by atoms with E-state index in [0.717, 1.165) is 0 Å². The molecule has 0 fully saturated rings. The first-order valence-electron chi connectivity index (χ1n) is 5.73. The standard InChI is InChI=1S/C11H17F3O4/c1-3-5-6-9(15)18-8(11(12,13)14)7-10(16)17-4-2/h8H,3-7H2,1-2H3. The highest BCUT2D eigenvalue weighted by atomic mass is 19.4. The minimum atomic E-state index is -4.77. The second kappa shape index (κ2) is 7.94. The van der Waals surface area contributed by atoms with E-state index in [1.54, 1.807) is 6.92 Å². The van der Waals surface area contributed by atoms with Crippen LogP contribution in [0.5, 0.6) is 0 Å². The van der Waals surface area contributed by atoms with Crippen molar-refractivity contribution in [1.29, 1.82) is 0 Å². The second-order valence-corrected chi connectivity index (χ2v) is 3.63. The fourth-order valence-electron chi connectivity index (χ4n) is 1.13. The number of esters is 2. The van der Waals surface area contributed by atoms with E-state index in [-0.39, 0.29) is 13.0 Å². The minimum Gasteiger partial charge on any atom is -0.466 e. The van der Waals surface area contributed by atoms with Gasteiger partial charge in [-0.1, -0.05) is 13.3 Å². The van der Waals surface area contributed by atoms with Crippen LogP contribution >= 0.6 is 0 Å². The molecule has 0 spiro atoms. The molecule has 18 heavy (non-hydrogen) atoms. The molecule has 0 aliphatic rings. The van der Waals surface area contributed by atoms with Gasteiger partial charge in [0.2, 0.25) is 6.10 Å². The Hall–Kier alpha value is -1.27. The molecule has 0 aromatic heterocycles. The summed E-state index contributed by atoms with van der Waals surface area (Å²) in [5, 5.41) is 0. The maximum absolute atomic E-state index is 12.5. The third-order valence-electron chi connectivity index (χ3n) is 2.03. The lowest BCUT2D eigenvalue weighted by Gasteiger charge is -2.19. The smallest absolute Gasteiger partial charge is 0.426 e. The van der Waals surface area contributed by atoms with Gasteiger partial charge in [-0.05, 0) is 13.3 Å². The van der Waals surface area contributed by atoms with Crippen molar-refractivity contribution in [2.75, 3.05) is 6.61 Å². The van der Waals surface area contributed by atoms with Gasteiger partial charge in [0.25, 0.3) is 0 Å². The quantitative estimate of drug-likeness (QED) is 0.667. The molecule has 0 aromatic rings. The van der Waals surface area contributed by atoms with Crippen molar-refractivity contribution in [2.45, 2.75) is 51.8 Å². The molecular formula is C11H17F3O4. The zero-order valence-electron chi connectivity index (χ0n) is 10.4. The van der Waals surface area contributed by atoms with E-state index in [4.69, 9.17) is 0 Å². The van der Waals surface area contributed by atoms with Crippen LogP contribution in [0.3, 0.4) is 0 Å². The van der Waals surface area contributed by atoms with Gasteiger partial charge in [-0.15, -0.1) is 0 Å². The Balaban J connectivity index is 4.41. The summed E-state index contributed by atoms with van der Waals surface area (Å²) in [6, 6.07) is 0. The van der Waals surface area contributed by atoms with Crippen molar-refractivity contribution >= 4 is 11.9 Å². The third kappa shape index (κ3) is 7.13. The summed E-state index contributed by atoms with van der Waals surface area (Å²) in [4.78, 5) is 22.1. The Morgan fingerprint density at radius 3 is 2.22 bits per heavy atom. The zero-order chi connectivity index (χ0) is 14.2. The van der Waals surface area contributed by atoms with E-state index < -0.39 is 30.6 Å². The second-order valence-electron chi connectivity index (χ2n) is 3.63. The van der Waals surface area contributed by atoms with Crippen molar-refractivity contribution in [3.63, 3.8) is 0 Å². The van der Waals surface area contributed by atoms with Crippen molar-refractivity contribution in [1.82, 2.24) is 0 Å². The normalized spacial score (nSPS) is 12.9. The molecule has 0 saturated carbocycles. The molecule has 0 aromatic carbocycles. The van der Waals surface area contributed by atoms with Crippen molar-refractivity contribution in [2.24, 2.45) is 0 Å². The molecule has 1 unspecified atom stereocenters. The topological polar surface area (TPSA) is 52.6 Å². The van der Waals surface area contributed by atoms with Crippen LogP contribution in [-0.2, 0) is 19.1 Å². The maximum Gasteiger partial charge on any atom is 0.426 e. The van der Waals surface area contributed by atoms with Crippen molar-refractivity contribution in [3.05, 3.63) is 0 Å². The number of rotatable bonds is 7. The number of carbonyl (C=O) groups is 2. The van der Waals surface area contributed by atoms with Crippen LogP contribution in [0.15, 0.2) is 0 Å². The Bertz CT molecular complexity index is 276. The monoisotopic (exact) mass is 270 g/mol. The summed E-state index contributed by atoms with van der Waals surface area (Å²) in [5.74, 6) is -1.99. The third-order valence-corrected chi connectivity index (χ3v) is 2.03. The molecule has 0 radical (unpaired) electrons. The van der Waals surface area contributed by atoms with Crippen LogP contribution in [0, 0.1) is 0 Å². The van der Waals surface area contributed by atoms with Gasteiger partial charge in [-0.25, -0.2) is 0 Å². The predicted octanol–water partition coefficient (Wildman–Crippen LogP) is 2.60. The van der Waals surface area contributed by atoms with Gasteiger partial charge in [0.1, 0.15) is 0 Å². The summed E-state index contributed by atoms with van der Waals surface area (Å²) >= 11 is 0. The number of ether oxygens (including phenoxy) is 2. The van der Waals surface area contributed by atoms with Gasteiger partial charge in [0, 0.05) is 6.42 Å². The first kappa shape index (κ1) is 16.7. The maximum atomic E-state index is 12.5. The van der Waals surface area contributed by atoms with Crippen LogP contribution in [0.1, 0.15) is 39.5 Å². The first-order chi connectivity index (χ1) is 8.31. The Labute approximate surface area is 103 Å². The Morgan fingerprint density at radius 1 is 1.17 bits per heavy atom. The number of halogens is 3. The van der Waals surface area contributed by atoms with Crippen LogP contribution in [0.4, 0.5) is 13.2 Å². The van der Waals surface area contributed by atoms with Gasteiger partial charge in [0.15, 0.2) is 0 Å². The number of unbranched alkanes of at least 4 members (excludes halogenated alkanes) is 1. The van der Waals surface area contributed by atoms with Gasteiger partial charge in [0.05, 0.1) is 13.0 Å². The molecule has 0 bridgehead atoms. The Morgan fingerprint density at radius 2 is 1.78 bits per heavy atom. The predicted molar refractivity (Wildman–Crippen MR) is 56.7 cm³/mol. The highest BCUT2D eigenvalue weighted by Gasteiger charge is 2.44. The molecule has 7 heteroatoms. The van der Waals surface area contributed by atoms with E-state index >= 15 is 0 Å². The lowest BCUT2D eigenvalue weighted by Crippen LogP contribution is -2.36. The number of alkyl halides is 3. The minimum absolute atomic E-state index is 0.0206. The van der Waals surface area contributed by atoms with E-state index in [1.807, 2.05) is 0 Å². The van der Waals surface area contributed by atoms with Crippen LogP contribution in [0.2, 0.25) is 0 Å². The highest BCUT2D eigenvalue weighted by Crippen LogP contribution is 2.26. The van der Waals surface area contributed by atoms with Gasteiger partial charge in [-0.3, -0.25) is 9.59 Å². The highest BCUT2D eigenvalue weighted by molar-refractivity contribution is 5.72. The number of hydrogen-bond donors (Lipinski definition) is 0. The van der Waals surface area contributed by atoms with Gasteiger partial charge in [-0.2, -0.15) is 13.2 Å². The summed E-state index contributed by atoms with van der Waals surface area (Å²) < 4.78 is 46.2. The molecule has 0 rings (SSSR count). The molecule has 106 valence electrons. The van der Waals surface area contributed by atoms with E-state index in [2.05, 4.69) is 9.47 Å². The van der Waals surface area contributed by atoms with Gasteiger partial charge >= 0.3 is 18.1 Å². The molecule has 0 N–H and O–H groups in total. The number of carbonyl (C=O) groups excluding carboxylic acids is 2. The summed E-state index contributed by atoms with van der Waals surface area (Å²) in [6.07, 6.45) is -7.18. The molecule has 1 atom stereocenters. The molecular weight excluding hydrogens is 253 g/mol. The Kier molecular flexibility index (Phi) is 7.38. The van der Waals surface area contributed by atoms with Crippen molar-refractivity contribution < 1.29 is 32.2 Å². The summed E-state index contributed by atoms with van der Waals surface area (Å²) in [7, 11) is 0. The van der Waals surface area contributed by atoms with E-state index in [9.17, 15) is 22.8 Å². The SMILES string of the molecule is CCCCC(=O)OC(CC(=O)OCC)C(F)(F)F. The van der Waals surface area contributed by atoms with Crippen molar-refractivity contribution in [3.8, 4) is 0 Å². The molecule has 0 aliphatic carbocycles. The van der Waals surface area contributed by atoms with Gasteiger partial charge < -0.3 is 9.47 Å². The molecule has 0 amide bonds. The van der Waals surface area contributed by atoms with E-state index in [0.29, 0.717) is 12.8 Å². The molecule has 4 nitrogen and oxygen atoms in total. The molecule has 0 aliphatic heterocycles. The largest absolute Gasteiger partial charge is 0.466 e. The summed E-state index contributed by atoms with van der Waals surface area (Å²) in [5.41, 5.74) is 0. The van der Waals surface area contributed by atoms with Crippen LogP contribution in [0.25, 0.3) is 0 Å². The fourth-order valence-corrected chi connectivity index (χ4v) is 1.13. The molecule has 0 saturated heterocycles. The lowest BCUT2D eigenvalue weighted by molar-refractivity contribution is -0.224. The average Bonchev–Trinajstić information content (AvgIpc) is 2.24. The first-order valence-corrected chi connectivity index (χ1v) is 5.73. The zero-order valence-corrected chi connectivity index (χ0v) is 10.4. The molecule has 0 heterocycles. The van der Waals surface area contributed by atoms with Crippen LogP contribution < -0.4 is 0 Å².